The van der Waals surface area contributed by atoms with E-state index in [0.717, 1.165) is 30.9 Å². The van der Waals surface area contributed by atoms with Crippen molar-refractivity contribution in [2.24, 2.45) is 5.41 Å². The number of benzene rings is 1. The van der Waals surface area contributed by atoms with E-state index in [1.54, 1.807) is 13.1 Å². The Kier molecular flexibility index (Phi) is 4.07. The van der Waals surface area contributed by atoms with Crippen LogP contribution in [0.2, 0.25) is 0 Å². The van der Waals surface area contributed by atoms with Crippen molar-refractivity contribution in [3.63, 3.8) is 0 Å². The molecule has 1 aromatic carbocycles. The Morgan fingerprint density at radius 2 is 2.00 bits per heavy atom. The van der Waals surface area contributed by atoms with Gasteiger partial charge >= 0.3 is 0 Å². The number of hydrogen-bond donors (Lipinski definition) is 2. The summed E-state index contributed by atoms with van der Waals surface area (Å²) in [6, 6.07) is 3.61. The summed E-state index contributed by atoms with van der Waals surface area (Å²) in [6.45, 7) is 6.48. The number of piperidine rings is 2. The Labute approximate surface area is 126 Å². The highest BCUT2D eigenvalue weighted by Crippen LogP contribution is 2.39. The number of aryl methyl sites for hydroxylation is 1. The molecule has 3 nitrogen and oxygen atoms in total. The third kappa shape index (κ3) is 2.86. The first-order chi connectivity index (χ1) is 10.1. The highest BCUT2D eigenvalue weighted by atomic mass is 19.1. The van der Waals surface area contributed by atoms with E-state index >= 15 is 0 Å². The van der Waals surface area contributed by atoms with Gasteiger partial charge in [-0.25, -0.2) is 4.39 Å². The van der Waals surface area contributed by atoms with Crippen molar-refractivity contribution >= 4 is 11.4 Å². The van der Waals surface area contributed by atoms with Gasteiger partial charge in [0, 0.05) is 32.4 Å². The van der Waals surface area contributed by atoms with Gasteiger partial charge in [-0.3, -0.25) is 0 Å². The van der Waals surface area contributed by atoms with Gasteiger partial charge in [-0.05, 0) is 62.3 Å². The largest absolute Gasteiger partial charge is 0.386 e. The van der Waals surface area contributed by atoms with Crippen LogP contribution in [0.4, 0.5) is 15.8 Å². The topological polar surface area (TPSA) is 27.3 Å². The molecule has 0 atom stereocenters. The first-order valence-electron chi connectivity index (χ1n) is 8.07. The van der Waals surface area contributed by atoms with E-state index in [0.29, 0.717) is 11.1 Å². The van der Waals surface area contributed by atoms with Gasteiger partial charge in [-0.2, -0.15) is 0 Å². The van der Waals surface area contributed by atoms with Crippen LogP contribution in [-0.2, 0) is 0 Å². The van der Waals surface area contributed by atoms with Crippen molar-refractivity contribution in [1.29, 1.82) is 0 Å². The second kappa shape index (κ2) is 5.84. The van der Waals surface area contributed by atoms with Gasteiger partial charge in [0.05, 0.1) is 5.69 Å². The number of nitrogens with one attached hydrogen (secondary N) is 2. The molecule has 4 heteroatoms. The van der Waals surface area contributed by atoms with Crippen LogP contribution in [-0.4, -0.2) is 33.2 Å². The lowest BCUT2D eigenvalue weighted by Gasteiger charge is -2.45. The number of nitrogens with zero attached hydrogens (tertiary/aromatic N) is 1. The van der Waals surface area contributed by atoms with Crippen molar-refractivity contribution in [3.8, 4) is 0 Å². The molecule has 21 heavy (non-hydrogen) atoms. The van der Waals surface area contributed by atoms with E-state index in [1.165, 1.54) is 32.2 Å². The molecule has 0 bridgehead atoms. The molecule has 0 radical (unpaired) electrons. The monoisotopic (exact) mass is 291 g/mol. The van der Waals surface area contributed by atoms with Crippen LogP contribution in [0.25, 0.3) is 0 Å². The molecule has 116 valence electrons. The van der Waals surface area contributed by atoms with Crippen LogP contribution in [0.1, 0.15) is 31.2 Å². The maximum Gasteiger partial charge on any atom is 0.148 e. The minimum absolute atomic E-state index is 0.155. The summed E-state index contributed by atoms with van der Waals surface area (Å²) in [4.78, 5) is 2.36. The lowest BCUT2D eigenvalue weighted by molar-refractivity contribution is 0.161. The normalized spacial score (nSPS) is 21.6. The van der Waals surface area contributed by atoms with Crippen molar-refractivity contribution in [3.05, 3.63) is 23.5 Å². The molecule has 2 aliphatic rings. The molecule has 0 aliphatic carbocycles. The van der Waals surface area contributed by atoms with Gasteiger partial charge in [0.15, 0.2) is 0 Å². The lowest BCUT2D eigenvalue weighted by atomic mass is 9.73. The summed E-state index contributed by atoms with van der Waals surface area (Å²) < 4.78 is 14.0. The van der Waals surface area contributed by atoms with Gasteiger partial charge in [0.25, 0.3) is 0 Å². The molecule has 2 saturated heterocycles. The first kappa shape index (κ1) is 14.6. The Morgan fingerprint density at radius 3 is 2.62 bits per heavy atom. The zero-order valence-corrected chi connectivity index (χ0v) is 13.1. The molecule has 2 heterocycles. The first-order valence-corrected chi connectivity index (χ1v) is 8.07. The average Bonchev–Trinajstić information content (AvgIpc) is 2.51. The van der Waals surface area contributed by atoms with Gasteiger partial charge in [0.1, 0.15) is 5.82 Å². The number of anilines is 2. The fourth-order valence-corrected chi connectivity index (χ4v) is 3.88. The minimum atomic E-state index is -0.155. The zero-order valence-electron chi connectivity index (χ0n) is 13.1. The lowest BCUT2D eigenvalue weighted by Crippen LogP contribution is -2.48. The van der Waals surface area contributed by atoms with Crippen molar-refractivity contribution < 1.29 is 4.39 Å². The zero-order chi connectivity index (χ0) is 14.9. The molecular formula is C17H26FN3. The van der Waals surface area contributed by atoms with E-state index < -0.39 is 0 Å². The fourth-order valence-electron chi connectivity index (χ4n) is 3.88. The van der Waals surface area contributed by atoms with Crippen LogP contribution >= 0.6 is 0 Å². The fraction of sp³-hybridized carbons (Fsp3) is 0.647. The maximum absolute atomic E-state index is 14.0. The van der Waals surface area contributed by atoms with E-state index in [-0.39, 0.29) is 5.82 Å². The van der Waals surface area contributed by atoms with E-state index in [1.807, 2.05) is 6.07 Å². The SMILES string of the molecule is CNc1cc(C)c(N2CCC3(CCCNC3)CC2)cc1F. The average molecular weight is 291 g/mol. The molecule has 0 amide bonds. The number of rotatable bonds is 2. The van der Waals surface area contributed by atoms with Gasteiger partial charge in [-0.1, -0.05) is 0 Å². The van der Waals surface area contributed by atoms with Crippen LogP contribution in [0.3, 0.4) is 0 Å². The second-order valence-electron chi connectivity index (χ2n) is 6.64. The molecular weight excluding hydrogens is 265 g/mol. The molecule has 0 unspecified atom stereocenters. The standard InChI is InChI=1S/C17H26FN3/c1-13-10-15(19-2)14(18)11-16(13)21-8-5-17(6-9-21)4-3-7-20-12-17/h10-11,19-20H,3-9,12H2,1-2H3. The molecule has 0 aromatic heterocycles. The van der Waals surface area contributed by atoms with E-state index in [4.69, 9.17) is 0 Å². The quantitative estimate of drug-likeness (QED) is 0.876. The van der Waals surface area contributed by atoms with Crippen molar-refractivity contribution in [2.75, 3.05) is 43.4 Å². The van der Waals surface area contributed by atoms with Crippen LogP contribution in [0, 0.1) is 18.2 Å². The maximum atomic E-state index is 14.0. The van der Waals surface area contributed by atoms with Crippen molar-refractivity contribution in [1.82, 2.24) is 5.32 Å². The predicted octanol–water partition coefficient (Wildman–Crippen LogP) is 3.15. The third-order valence-electron chi connectivity index (χ3n) is 5.28. The molecule has 2 N–H and O–H groups in total. The Balaban J connectivity index is 1.73. The highest BCUT2D eigenvalue weighted by Gasteiger charge is 2.35. The second-order valence-corrected chi connectivity index (χ2v) is 6.64. The van der Waals surface area contributed by atoms with Crippen LogP contribution < -0.4 is 15.5 Å². The smallest absolute Gasteiger partial charge is 0.148 e. The van der Waals surface area contributed by atoms with E-state index in [9.17, 15) is 4.39 Å². The third-order valence-corrected chi connectivity index (χ3v) is 5.28. The summed E-state index contributed by atoms with van der Waals surface area (Å²) in [6.07, 6.45) is 5.08. The molecule has 2 fully saturated rings. The number of halogens is 1. The molecule has 3 rings (SSSR count). The molecule has 1 spiro atoms. The van der Waals surface area contributed by atoms with Crippen LogP contribution in [0.15, 0.2) is 12.1 Å². The molecule has 1 aromatic rings. The summed E-state index contributed by atoms with van der Waals surface area (Å²) in [7, 11) is 1.76. The predicted molar refractivity (Wildman–Crippen MR) is 86.7 cm³/mol. The Hall–Kier alpha value is -1.29. The summed E-state index contributed by atoms with van der Waals surface area (Å²) >= 11 is 0. The van der Waals surface area contributed by atoms with E-state index in [2.05, 4.69) is 22.5 Å². The summed E-state index contributed by atoms with van der Waals surface area (Å²) in [5, 5.41) is 6.46. The molecule has 0 saturated carbocycles. The van der Waals surface area contributed by atoms with Gasteiger partial charge in [0.2, 0.25) is 0 Å². The minimum Gasteiger partial charge on any atom is -0.386 e. The van der Waals surface area contributed by atoms with Gasteiger partial charge in [-0.15, -0.1) is 0 Å². The Morgan fingerprint density at radius 1 is 1.24 bits per heavy atom. The van der Waals surface area contributed by atoms with Crippen LogP contribution in [0.5, 0.6) is 0 Å². The summed E-state index contributed by atoms with van der Waals surface area (Å²) in [5.74, 6) is -0.155. The number of hydrogen-bond acceptors (Lipinski definition) is 3. The van der Waals surface area contributed by atoms with Crippen molar-refractivity contribution in [2.45, 2.75) is 32.6 Å². The highest BCUT2D eigenvalue weighted by molar-refractivity contribution is 5.61. The van der Waals surface area contributed by atoms with Gasteiger partial charge < -0.3 is 15.5 Å². The molecule has 2 aliphatic heterocycles. The Bertz CT molecular complexity index is 499. The summed E-state index contributed by atoms with van der Waals surface area (Å²) in [5.41, 5.74) is 3.29.